The Balaban J connectivity index is 2.19. The summed E-state index contributed by atoms with van der Waals surface area (Å²) < 4.78 is 5.74. The van der Waals surface area contributed by atoms with Gasteiger partial charge in [0.1, 0.15) is 5.75 Å². The molecule has 0 atom stereocenters. The van der Waals surface area contributed by atoms with Crippen LogP contribution in [0.2, 0.25) is 0 Å². The van der Waals surface area contributed by atoms with E-state index in [1.54, 1.807) is 6.07 Å². The maximum Gasteiger partial charge on any atom is 0.259 e. The summed E-state index contributed by atoms with van der Waals surface area (Å²) in [7, 11) is 0. The molecule has 1 N–H and O–H groups in total. The molecule has 0 aromatic heterocycles. The van der Waals surface area contributed by atoms with E-state index in [0.29, 0.717) is 17.9 Å². The highest BCUT2D eigenvalue weighted by molar-refractivity contribution is 6.06. The first-order valence-corrected chi connectivity index (χ1v) is 7.73. The first-order chi connectivity index (χ1) is 10.6. The van der Waals surface area contributed by atoms with E-state index < -0.39 is 0 Å². The molecular formula is C19H23NO2. The highest BCUT2D eigenvalue weighted by Crippen LogP contribution is 2.23. The first kappa shape index (κ1) is 16.1. The van der Waals surface area contributed by atoms with E-state index in [-0.39, 0.29) is 5.91 Å². The highest BCUT2D eigenvalue weighted by Gasteiger charge is 2.14. The number of hydrogen-bond donors (Lipinski definition) is 1. The molecule has 2 aromatic rings. The summed E-state index contributed by atoms with van der Waals surface area (Å²) in [4.78, 5) is 12.6. The van der Waals surface area contributed by atoms with Crippen LogP contribution < -0.4 is 10.1 Å². The van der Waals surface area contributed by atoms with Gasteiger partial charge < -0.3 is 10.1 Å². The molecule has 0 aliphatic rings. The van der Waals surface area contributed by atoms with Crippen molar-refractivity contribution in [1.29, 1.82) is 0 Å². The molecule has 2 rings (SSSR count). The van der Waals surface area contributed by atoms with Crippen molar-refractivity contribution >= 4 is 11.6 Å². The lowest BCUT2D eigenvalue weighted by Crippen LogP contribution is -2.15. The van der Waals surface area contributed by atoms with Crippen molar-refractivity contribution in [3.05, 3.63) is 59.2 Å². The number of amides is 1. The fourth-order valence-electron chi connectivity index (χ4n) is 2.30. The highest BCUT2D eigenvalue weighted by atomic mass is 16.5. The number of nitrogens with one attached hydrogen (secondary N) is 1. The predicted molar refractivity (Wildman–Crippen MR) is 90.7 cm³/mol. The van der Waals surface area contributed by atoms with Gasteiger partial charge in [0.15, 0.2) is 0 Å². The number of para-hydroxylation sites is 2. The Bertz CT molecular complexity index is 629. The molecule has 0 saturated heterocycles. The average molecular weight is 297 g/mol. The summed E-state index contributed by atoms with van der Waals surface area (Å²) in [6, 6.07) is 13.4. The van der Waals surface area contributed by atoms with Gasteiger partial charge in [-0.2, -0.15) is 0 Å². The van der Waals surface area contributed by atoms with Crippen LogP contribution in [0.1, 0.15) is 41.3 Å². The zero-order valence-corrected chi connectivity index (χ0v) is 13.5. The standard InChI is InChI=1S/C19H23NO2/c1-4-5-13-22-17-12-7-6-11-16(17)19(21)20-18-14(2)9-8-10-15(18)3/h6-12H,4-5,13H2,1-3H3,(H,20,21). The molecule has 2 aromatic carbocycles. The molecule has 0 unspecified atom stereocenters. The molecule has 3 heteroatoms. The molecule has 22 heavy (non-hydrogen) atoms. The minimum atomic E-state index is -0.135. The molecule has 0 radical (unpaired) electrons. The zero-order chi connectivity index (χ0) is 15.9. The molecule has 0 aliphatic carbocycles. The van der Waals surface area contributed by atoms with Crippen LogP contribution >= 0.6 is 0 Å². The number of ether oxygens (including phenoxy) is 1. The van der Waals surface area contributed by atoms with E-state index in [9.17, 15) is 4.79 Å². The van der Waals surface area contributed by atoms with E-state index in [1.807, 2.05) is 50.2 Å². The summed E-state index contributed by atoms with van der Waals surface area (Å²) in [5.41, 5.74) is 3.55. The van der Waals surface area contributed by atoms with Gasteiger partial charge in [0, 0.05) is 5.69 Å². The lowest BCUT2D eigenvalue weighted by molar-refractivity contribution is 0.102. The van der Waals surface area contributed by atoms with Crippen molar-refractivity contribution in [3.63, 3.8) is 0 Å². The predicted octanol–water partition coefficient (Wildman–Crippen LogP) is 4.73. The SMILES string of the molecule is CCCCOc1ccccc1C(=O)Nc1c(C)cccc1C. The summed E-state index contributed by atoms with van der Waals surface area (Å²) in [6.07, 6.45) is 2.05. The van der Waals surface area contributed by atoms with Gasteiger partial charge in [-0.05, 0) is 43.5 Å². The van der Waals surface area contributed by atoms with E-state index in [1.165, 1.54) is 0 Å². The zero-order valence-electron chi connectivity index (χ0n) is 13.5. The van der Waals surface area contributed by atoms with E-state index >= 15 is 0 Å². The van der Waals surface area contributed by atoms with Crippen LogP contribution in [-0.4, -0.2) is 12.5 Å². The van der Waals surface area contributed by atoms with Crippen molar-refractivity contribution in [2.24, 2.45) is 0 Å². The lowest BCUT2D eigenvalue weighted by atomic mass is 10.1. The summed E-state index contributed by atoms with van der Waals surface area (Å²) in [5.74, 6) is 0.504. The van der Waals surface area contributed by atoms with Crippen LogP contribution in [0.25, 0.3) is 0 Å². The van der Waals surface area contributed by atoms with Gasteiger partial charge in [-0.25, -0.2) is 0 Å². The van der Waals surface area contributed by atoms with E-state index in [0.717, 1.165) is 29.7 Å². The number of hydrogen-bond acceptors (Lipinski definition) is 2. The Kier molecular flexibility index (Phi) is 5.59. The first-order valence-electron chi connectivity index (χ1n) is 7.73. The molecule has 0 spiro atoms. The van der Waals surface area contributed by atoms with Gasteiger partial charge in [-0.1, -0.05) is 43.7 Å². The van der Waals surface area contributed by atoms with Crippen LogP contribution in [-0.2, 0) is 0 Å². The Labute approximate surface area is 132 Å². The van der Waals surface area contributed by atoms with Gasteiger partial charge >= 0.3 is 0 Å². The Morgan fingerprint density at radius 3 is 2.41 bits per heavy atom. The molecular weight excluding hydrogens is 274 g/mol. The Morgan fingerprint density at radius 2 is 1.73 bits per heavy atom. The molecule has 0 fully saturated rings. The monoisotopic (exact) mass is 297 g/mol. The quantitative estimate of drug-likeness (QED) is 0.782. The topological polar surface area (TPSA) is 38.3 Å². The lowest BCUT2D eigenvalue weighted by Gasteiger charge is -2.14. The van der Waals surface area contributed by atoms with Crippen molar-refractivity contribution in [3.8, 4) is 5.75 Å². The number of unbranched alkanes of at least 4 members (excludes halogenated alkanes) is 1. The largest absolute Gasteiger partial charge is 0.493 e. The van der Waals surface area contributed by atoms with Gasteiger partial charge in [0.05, 0.1) is 12.2 Å². The third kappa shape index (κ3) is 3.88. The second-order valence-electron chi connectivity index (χ2n) is 5.42. The third-order valence-electron chi connectivity index (χ3n) is 3.61. The van der Waals surface area contributed by atoms with E-state index in [2.05, 4.69) is 12.2 Å². The van der Waals surface area contributed by atoms with Gasteiger partial charge in [0.2, 0.25) is 0 Å². The minimum Gasteiger partial charge on any atom is -0.493 e. The Morgan fingerprint density at radius 1 is 1.05 bits per heavy atom. The van der Waals surface area contributed by atoms with Gasteiger partial charge in [-0.15, -0.1) is 0 Å². The van der Waals surface area contributed by atoms with Crippen LogP contribution in [0.5, 0.6) is 5.75 Å². The van der Waals surface area contributed by atoms with E-state index in [4.69, 9.17) is 4.74 Å². The number of aryl methyl sites for hydroxylation is 2. The fraction of sp³-hybridized carbons (Fsp3) is 0.316. The normalized spacial score (nSPS) is 10.3. The van der Waals surface area contributed by atoms with Crippen LogP contribution in [0.15, 0.2) is 42.5 Å². The summed E-state index contributed by atoms with van der Waals surface area (Å²) >= 11 is 0. The molecule has 0 aliphatic heterocycles. The van der Waals surface area contributed by atoms with Crippen LogP contribution in [0.4, 0.5) is 5.69 Å². The number of benzene rings is 2. The molecule has 3 nitrogen and oxygen atoms in total. The maximum atomic E-state index is 12.6. The van der Waals surface area contributed by atoms with Crippen LogP contribution in [0, 0.1) is 13.8 Å². The van der Waals surface area contributed by atoms with Crippen molar-refractivity contribution in [2.45, 2.75) is 33.6 Å². The van der Waals surface area contributed by atoms with Crippen molar-refractivity contribution < 1.29 is 9.53 Å². The number of carbonyl (C=O) groups is 1. The maximum absolute atomic E-state index is 12.6. The van der Waals surface area contributed by atoms with Crippen molar-refractivity contribution in [1.82, 2.24) is 0 Å². The smallest absolute Gasteiger partial charge is 0.259 e. The van der Waals surface area contributed by atoms with Gasteiger partial charge in [-0.3, -0.25) is 4.79 Å². The average Bonchev–Trinajstić information content (AvgIpc) is 2.51. The van der Waals surface area contributed by atoms with Gasteiger partial charge in [0.25, 0.3) is 5.91 Å². The van der Waals surface area contributed by atoms with Crippen molar-refractivity contribution in [2.75, 3.05) is 11.9 Å². The number of carbonyl (C=O) groups excluding carboxylic acids is 1. The molecule has 0 bridgehead atoms. The number of anilines is 1. The summed E-state index contributed by atoms with van der Waals surface area (Å²) in [6.45, 7) is 6.73. The third-order valence-corrected chi connectivity index (χ3v) is 3.61. The summed E-state index contributed by atoms with van der Waals surface area (Å²) in [5, 5.41) is 3.01. The van der Waals surface area contributed by atoms with Crippen LogP contribution in [0.3, 0.4) is 0 Å². The second kappa shape index (κ2) is 7.64. The minimum absolute atomic E-state index is 0.135. The molecule has 0 heterocycles. The number of rotatable bonds is 6. The second-order valence-corrected chi connectivity index (χ2v) is 5.42. The molecule has 116 valence electrons. The molecule has 0 saturated carbocycles. The Hall–Kier alpha value is -2.29. The molecule has 1 amide bonds. The fourth-order valence-corrected chi connectivity index (χ4v) is 2.30.